The molecule has 2 aromatic carbocycles. The molecule has 0 bridgehead atoms. The molecule has 0 aliphatic rings. The lowest BCUT2D eigenvalue weighted by atomic mass is 10.0. The van der Waals surface area contributed by atoms with Crippen molar-refractivity contribution in [1.29, 1.82) is 0 Å². The maximum atomic E-state index is 12.3. The predicted molar refractivity (Wildman–Crippen MR) is 90.6 cm³/mol. The van der Waals surface area contributed by atoms with Gasteiger partial charge in [-0.2, -0.15) is 0 Å². The van der Waals surface area contributed by atoms with Crippen molar-refractivity contribution >= 4 is 33.4 Å². The van der Waals surface area contributed by atoms with Crippen molar-refractivity contribution in [3.63, 3.8) is 0 Å². The van der Waals surface area contributed by atoms with Crippen LogP contribution in [-0.4, -0.2) is 5.91 Å². The van der Waals surface area contributed by atoms with Gasteiger partial charge in [-0.15, -0.1) is 11.6 Å². The van der Waals surface area contributed by atoms with E-state index >= 15 is 0 Å². The van der Waals surface area contributed by atoms with E-state index in [9.17, 15) is 4.79 Å². The maximum Gasteiger partial charge on any atom is 0.251 e. The van der Waals surface area contributed by atoms with Crippen LogP contribution in [0.4, 0.5) is 0 Å². The lowest BCUT2D eigenvalue weighted by Crippen LogP contribution is -2.28. The lowest BCUT2D eigenvalue weighted by Gasteiger charge is -2.17. The van der Waals surface area contributed by atoms with Crippen LogP contribution in [-0.2, 0) is 5.88 Å². The Morgan fingerprint density at radius 3 is 2.29 bits per heavy atom. The molecule has 0 fully saturated rings. The molecule has 0 spiro atoms. The molecule has 1 atom stereocenters. The van der Waals surface area contributed by atoms with Gasteiger partial charge in [0.15, 0.2) is 0 Å². The van der Waals surface area contributed by atoms with E-state index < -0.39 is 0 Å². The summed E-state index contributed by atoms with van der Waals surface area (Å²) in [5, 5.41) is 3.07. The molecule has 0 saturated heterocycles. The topological polar surface area (TPSA) is 29.1 Å². The molecular weight excluding hydrogens is 350 g/mol. The second-order valence-corrected chi connectivity index (χ2v) is 6.00. The Bertz CT molecular complexity index is 595. The molecule has 2 nitrogen and oxygen atoms in total. The Labute approximate surface area is 138 Å². The minimum absolute atomic E-state index is 0.0123. The first-order chi connectivity index (χ1) is 10.1. The highest BCUT2D eigenvalue weighted by Gasteiger charge is 2.14. The van der Waals surface area contributed by atoms with E-state index in [0.717, 1.165) is 22.0 Å². The SMILES string of the molecule is CCC(NC(=O)c1ccc(CCl)cc1)c1ccc(Br)cc1. The van der Waals surface area contributed by atoms with Gasteiger partial charge < -0.3 is 5.32 Å². The van der Waals surface area contributed by atoms with Gasteiger partial charge in [-0.3, -0.25) is 4.79 Å². The molecule has 1 N–H and O–H groups in total. The monoisotopic (exact) mass is 365 g/mol. The van der Waals surface area contributed by atoms with Crippen LogP contribution >= 0.6 is 27.5 Å². The lowest BCUT2D eigenvalue weighted by molar-refractivity contribution is 0.0935. The van der Waals surface area contributed by atoms with Crippen LogP contribution in [0.1, 0.15) is 40.9 Å². The third-order valence-electron chi connectivity index (χ3n) is 3.36. The van der Waals surface area contributed by atoms with Crippen LogP contribution < -0.4 is 5.32 Å². The van der Waals surface area contributed by atoms with Crippen LogP contribution in [0.3, 0.4) is 0 Å². The minimum Gasteiger partial charge on any atom is -0.345 e. The fourth-order valence-corrected chi connectivity index (χ4v) is 2.55. The van der Waals surface area contributed by atoms with Crippen LogP contribution in [0.15, 0.2) is 53.0 Å². The van der Waals surface area contributed by atoms with Crippen LogP contribution in [0.25, 0.3) is 0 Å². The number of amides is 1. The quantitative estimate of drug-likeness (QED) is 0.735. The second-order valence-electron chi connectivity index (χ2n) is 4.82. The fraction of sp³-hybridized carbons (Fsp3) is 0.235. The van der Waals surface area contributed by atoms with Crippen molar-refractivity contribution in [2.75, 3.05) is 0 Å². The van der Waals surface area contributed by atoms with Gasteiger partial charge in [0, 0.05) is 15.9 Å². The third-order valence-corrected chi connectivity index (χ3v) is 4.19. The van der Waals surface area contributed by atoms with Gasteiger partial charge in [-0.1, -0.05) is 47.1 Å². The van der Waals surface area contributed by atoms with Gasteiger partial charge in [0.1, 0.15) is 0 Å². The first kappa shape index (κ1) is 16.1. The summed E-state index contributed by atoms with van der Waals surface area (Å²) in [6.45, 7) is 2.06. The van der Waals surface area contributed by atoms with Crippen molar-refractivity contribution in [1.82, 2.24) is 5.32 Å². The third kappa shape index (κ3) is 4.32. The highest BCUT2D eigenvalue weighted by molar-refractivity contribution is 9.10. The molecule has 4 heteroatoms. The highest BCUT2D eigenvalue weighted by Crippen LogP contribution is 2.20. The van der Waals surface area contributed by atoms with Gasteiger partial charge in [0.05, 0.1) is 6.04 Å². The molecule has 1 amide bonds. The number of halogens is 2. The number of hydrogen-bond acceptors (Lipinski definition) is 1. The Kier molecular flexibility index (Phi) is 5.83. The molecule has 2 rings (SSSR count). The average Bonchev–Trinajstić information content (AvgIpc) is 2.53. The Morgan fingerprint density at radius 1 is 1.14 bits per heavy atom. The summed E-state index contributed by atoms with van der Waals surface area (Å²) >= 11 is 9.17. The summed E-state index contributed by atoms with van der Waals surface area (Å²) in [6, 6.07) is 15.4. The van der Waals surface area contributed by atoms with Gasteiger partial charge >= 0.3 is 0 Å². The minimum atomic E-state index is -0.0640. The summed E-state index contributed by atoms with van der Waals surface area (Å²) in [5.74, 6) is 0.393. The van der Waals surface area contributed by atoms with Gasteiger partial charge in [-0.05, 0) is 41.8 Å². The zero-order valence-electron chi connectivity index (χ0n) is 11.8. The Balaban J connectivity index is 2.10. The first-order valence-electron chi connectivity index (χ1n) is 6.85. The Hall–Kier alpha value is -1.32. The molecule has 0 aliphatic heterocycles. The molecule has 0 saturated carbocycles. The standard InChI is InChI=1S/C17H17BrClNO/c1-2-16(13-7-9-15(18)10-8-13)20-17(21)14-5-3-12(11-19)4-6-14/h3-10,16H,2,11H2,1H3,(H,20,21). The van der Waals surface area contributed by atoms with Crippen LogP contribution in [0, 0.1) is 0 Å². The number of carbonyl (C=O) groups is 1. The Morgan fingerprint density at radius 2 is 1.76 bits per heavy atom. The number of benzene rings is 2. The fourth-order valence-electron chi connectivity index (χ4n) is 2.10. The molecular formula is C17H17BrClNO. The number of rotatable bonds is 5. The second kappa shape index (κ2) is 7.62. The maximum absolute atomic E-state index is 12.3. The molecule has 2 aromatic rings. The summed E-state index contributed by atoms with van der Waals surface area (Å²) in [7, 11) is 0. The number of nitrogens with one attached hydrogen (secondary N) is 1. The van der Waals surface area contributed by atoms with Crippen molar-refractivity contribution in [3.8, 4) is 0 Å². The summed E-state index contributed by atoms with van der Waals surface area (Å²) in [4.78, 5) is 12.3. The van der Waals surface area contributed by atoms with Crippen molar-refractivity contribution < 1.29 is 4.79 Å². The van der Waals surface area contributed by atoms with Crippen LogP contribution in [0.5, 0.6) is 0 Å². The van der Waals surface area contributed by atoms with Gasteiger partial charge in [-0.25, -0.2) is 0 Å². The smallest absolute Gasteiger partial charge is 0.251 e. The summed E-state index contributed by atoms with van der Waals surface area (Å²) in [5.41, 5.74) is 2.76. The molecule has 21 heavy (non-hydrogen) atoms. The first-order valence-corrected chi connectivity index (χ1v) is 8.18. The number of alkyl halides is 1. The molecule has 0 aromatic heterocycles. The predicted octanol–water partition coefficient (Wildman–Crippen LogP) is 5.07. The molecule has 0 aliphatic carbocycles. The van der Waals surface area contributed by atoms with E-state index in [1.54, 1.807) is 12.1 Å². The summed E-state index contributed by atoms with van der Waals surface area (Å²) < 4.78 is 1.03. The highest BCUT2D eigenvalue weighted by atomic mass is 79.9. The molecule has 110 valence electrons. The van der Waals surface area contributed by atoms with Crippen molar-refractivity contribution in [3.05, 3.63) is 69.7 Å². The van der Waals surface area contributed by atoms with Gasteiger partial charge in [0.25, 0.3) is 5.91 Å². The largest absolute Gasteiger partial charge is 0.345 e. The summed E-state index contributed by atoms with van der Waals surface area (Å²) in [6.07, 6.45) is 0.840. The molecule has 0 heterocycles. The van der Waals surface area contributed by atoms with E-state index in [-0.39, 0.29) is 11.9 Å². The van der Waals surface area contributed by atoms with E-state index in [1.165, 1.54) is 0 Å². The molecule has 1 unspecified atom stereocenters. The van der Waals surface area contributed by atoms with E-state index in [1.807, 2.05) is 36.4 Å². The van der Waals surface area contributed by atoms with Crippen molar-refractivity contribution in [2.45, 2.75) is 25.3 Å². The number of carbonyl (C=O) groups excluding carboxylic acids is 1. The van der Waals surface area contributed by atoms with E-state index in [0.29, 0.717) is 11.4 Å². The normalized spacial score (nSPS) is 12.0. The van der Waals surface area contributed by atoms with E-state index in [4.69, 9.17) is 11.6 Å². The van der Waals surface area contributed by atoms with Crippen molar-refractivity contribution in [2.24, 2.45) is 0 Å². The molecule has 0 radical (unpaired) electrons. The zero-order valence-corrected chi connectivity index (χ0v) is 14.1. The average molecular weight is 367 g/mol. The van der Waals surface area contributed by atoms with Gasteiger partial charge in [0.2, 0.25) is 0 Å². The van der Waals surface area contributed by atoms with E-state index in [2.05, 4.69) is 28.2 Å². The van der Waals surface area contributed by atoms with Crippen LogP contribution in [0.2, 0.25) is 0 Å². The number of hydrogen-bond donors (Lipinski definition) is 1. The zero-order chi connectivity index (χ0) is 15.2.